The van der Waals surface area contributed by atoms with Crippen LogP contribution in [-0.4, -0.2) is 40.0 Å². The average Bonchev–Trinajstić information content (AvgIpc) is 3.21. The van der Waals surface area contributed by atoms with E-state index in [1.54, 1.807) is 31.2 Å². The molecule has 0 saturated carbocycles. The second kappa shape index (κ2) is 9.14. The molecule has 1 aromatic heterocycles. The number of rotatable bonds is 7. The molecular weight excluding hydrogens is 414 g/mol. The lowest BCUT2D eigenvalue weighted by Gasteiger charge is -2.06. The number of hydrogen-bond donors (Lipinski definition) is 2. The number of nitrogens with one attached hydrogen (secondary N) is 2. The van der Waals surface area contributed by atoms with E-state index in [1.165, 1.54) is 18.2 Å². The van der Waals surface area contributed by atoms with Crippen molar-refractivity contribution in [2.24, 2.45) is 0 Å². The highest BCUT2D eigenvalue weighted by Gasteiger charge is 2.16. The van der Waals surface area contributed by atoms with E-state index in [0.717, 1.165) is 0 Å². The molecule has 0 fully saturated rings. The first-order valence-electron chi connectivity index (χ1n) is 8.76. The zero-order chi connectivity index (χ0) is 21.7. The maximum Gasteiger partial charge on any atom is 0.316 e. The summed E-state index contributed by atoms with van der Waals surface area (Å²) in [5, 5.41) is 20.3. The van der Waals surface area contributed by atoms with Crippen LogP contribution in [0.15, 0.2) is 47.0 Å². The zero-order valence-corrected chi connectivity index (χ0v) is 16.5. The van der Waals surface area contributed by atoms with Gasteiger partial charge in [-0.3, -0.25) is 19.7 Å². The predicted molar refractivity (Wildman–Crippen MR) is 107 cm³/mol. The number of amides is 2. The summed E-state index contributed by atoms with van der Waals surface area (Å²) in [6.45, 7) is 1.81. The quantitative estimate of drug-likeness (QED) is 0.334. The van der Waals surface area contributed by atoms with Crippen molar-refractivity contribution < 1.29 is 19.0 Å². The van der Waals surface area contributed by atoms with E-state index < -0.39 is 16.7 Å². The maximum atomic E-state index is 12.1. The van der Waals surface area contributed by atoms with Gasteiger partial charge >= 0.3 is 11.8 Å². The first kappa shape index (κ1) is 20.9. The van der Waals surface area contributed by atoms with Crippen molar-refractivity contribution in [1.29, 1.82) is 0 Å². The Hall–Kier alpha value is -3.79. The van der Waals surface area contributed by atoms with Gasteiger partial charge < -0.3 is 15.2 Å². The van der Waals surface area contributed by atoms with Crippen LogP contribution >= 0.6 is 11.6 Å². The molecule has 0 bridgehead atoms. The first-order valence-corrected chi connectivity index (χ1v) is 9.14. The molecule has 3 aromatic rings. The van der Waals surface area contributed by atoms with Gasteiger partial charge in [0.2, 0.25) is 5.82 Å². The van der Waals surface area contributed by atoms with E-state index in [1.807, 2.05) is 0 Å². The highest BCUT2D eigenvalue weighted by Crippen LogP contribution is 2.19. The molecule has 30 heavy (non-hydrogen) atoms. The monoisotopic (exact) mass is 429 g/mol. The van der Waals surface area contributed by atoms with E-state index in [-0.39, 0.29) is 36.1 Å². The van der Waals surface area contributed by atoms with E-state index >= 15 is 0 Å². The molecule has 0 aliphatic heterocycles. The second-order valence-corrected chi connectivity index (χ2v) is 6.64. The summed E-state index contributed by atoms with van der Waals surface area (Å²) < 4.78 is 4.95. The summed E-state index contributed by atoms with van der Waals surface area (Å²) in [4.78, 5) is 38.6. The minimum atomic E-state index is -0.580. The molecule has 0 saturated heterocycles. The Labute approximate surface area is 175 Å². The van der Waals surface area contributed by atoms with Crippen LogP contribution in [0.2, 0.25) is 5.02 Å². The van der Waals surface area contributed by atoms with Gasteiger partial charge in [-0.2, -0.15) is 4.98 Å². The zero-order valence-electron chi connectivity index (χ0n) is 15.7. The van der Waals surface area contributed by atoms with Crippen LogP contribution in [0.5, 0.6) is 0 Å². The molecule has 3 rings (SSSR count). The number of aromatic nitrogens is 2. The smallest absolute Gasteiger partial charge is 0.316 e. The molecule has 2 aromatic carbocycles. The van der Waals surface area contributed by atoms with Crippen molar-refractivity contribution in [3.8, 4) is 11.4 Å². The topological polar surface area (TPSA) is 140 Å². The van der Waals surface area contributed by atoms with Crippen molar-refractivity contribution >= 4 is 29.1 Å². The molecule has 0 unspecified atom stereocenters. The minimum absolute atomic E-state index is 0.0589. The Bertz CT molecular complexity index is 1100. The molecule has 1 heterocycles. The number of nitro benzene ring substituents is 1. The number of carbonyl (C=O) groups is 2. The van der Waals surface area contributed by atoms with Gasteiger partial charge in [-0.25, -0.2) is 0 Å². The predicted octanol–water partition coefficient (Wildman–Crippen LogP) is 2.77. The average molecular weight is 430 g/mol. The molecule has 0 aliphatic carbocycles. The number of benzene rings is 2. The highest BCUT2D eigenvalue weighted by molar-refractivity contribution is 6.30. The van der Waals surface area contributed by atoms with Crippen molar-refractivity contribution in [1.82, 2.24) is 20.8 Å². The molecule has 2 amide bonds. The molecule has 10 nitrogen and oxygen atoms in total. The highest BCUT2D eigenvalue weighted by atomic mass is 35.5. The summed E-state index contributed by atoms with van der Waals surface area (Å²) >= 11 is 5.83. The number of aryl methyl sites for hydroxylation is 1. The van der Waals surface area contributed by atoms with Gasteiger partial charge in [0.05, 0.1) is 4.92 Å². The van der Waals surface area contributed by atoms with Crippen LogP contribution in [0.1, 0.15) is 26.6 Å². The maximum absolute atomic E-state index is 12.1. The molecule has 0 aliphatic rings. The van der Waals surface area contributed by atoms with Crippen LogP contribution in [0, 0.1) is 17.0 Å². The summed E-state index contributed by atoms with van der Waals surface area (Å²) in [6.07, 6.45) is 0. The molecule has 154 valence electrons. The summed E-state index contributed by atoms with van der Waals surface area (Å²) in [5.41, 5.74) is 1.26. The number of halogens is 1. The number of carbonyl (C=O) groups excluding carboxylic acids is 2. The van der Waals surface area contributed by atoms with Crippen molar-refractivity contribution in [2.75, 3.05) is 13.1 Å². The third-order valence-corrected chi connectivity index (χ3v) is 4.33. The van der Waals surface area contributed by atoms with Crippen LogP contribution in [-0.2, 0) is 0 Å². The van der Waals surface area contributed by atoms with Crippen molar-refractivity contribution in [3.05, 3.63) is 74.6 Å². The van der Waals surface area contributed by atoms with Crippen LogP contribution in [0.25, 0.3) is 11.4 Å². The van der Waals surface area contributed by atoms with Gasteiger partial charge in [-0.15, -0.1) is 0 Å². The Morgan fingerprint density at radius 2 is 1.77 bits per heavy atom. The molecule has 2 N–H and O–H groups in total. The fourth-order valence-electron chi connectivity index (χ4n) is 2.56. The lowest BCUT2D eigenvalue weighted by atomic mass is 10.1. The van der Waals surface area contributed by atoms with Gasteiger partial charge in [0.15, 0.2) is 0 Å². The van der Waals surface area contributed by atoms with Crippen molar-refractivity contribution in [3.63, 3.8) is 0 Å². The molecule has 11 heteroatoms. The van der Waals surface area contributed by atoms with Gasteiger partial charge in [0.1, 0.15) is 0 Å². The van der Waals surface area contributed by atoms with E-state index in [9.17, 15) is 19.7 Å². The first-order chi connectivity index (χ1) is 14.3. The van der Waals surface area contributed by atoms with Gasteiger partial charge in [0, 0.05) is 40.9 Å². The number of nitro groups is 1. The van der Waals surface area contributed by atoms with E-state index in [0.29, 0.717) is 16.1 Å². The lowest BCUT2D eigenvalue weighted by molar-refractivity contribution is -0.385. The van der Waals surface area contributed by atoms with E-state index in [4.69, 9.17) is 16.1 Å². The van der Waals surface area contributed by atoms with Gasteiger partial charge in [0.25, 0.3) is 11.6 Å². The summed E-state index contributed by atoms with van der Waals surface area (Å²) in [5.74, 6) is -0.955. The fraction of sp³-hybridized carbons (Fsp3) is 0.158. The fourth-order valence-corrected chi connectivity index (χ4v) is 2.69. The second-order valence-electron chi connectivity index (χ2n) is 6.20. The van der Waals surface area contributed by atoms with Crippen LogP contribution in [0.3, 0.4) is 0 Å². The lowest BCUT2D eigenvalue weighted by Crippen LogP contribution is -2.34. The van der Waals surface area contributed by atoms with Crippen molar-refractivity contribution in [2.45, 2.75) is 6.92 Å². The standard InChI is InChI=1S/C19H16ClN5O5/c1-11-10-13(4-7-15(11)25(28)29)17(26)21-8-9-22-18(27)19-23-16(24-30-19)12-2-5-14(20)6-3-12/h2-7,10H,8-9H2,1H3,(H,21,26)(H,22,27). The molecule has 0 atom stereocenters. The van der Waals surface area contributed by atoms with Gasteiger partial charge in [-0.1, -0.05) is 16.8 Å². The Balaban J connectivity index is 1.49. The SMILES string of the molecule is Cc1cc(C(=O)NCCNC(=O)c2nc(-c3ccc(Cl)cc3)no2)ccc1[N+](=O)[O-]. The number of hydrogen-bond acceptors (Lipinski definition) is 7. The largest absolute Gasteiger partial charge is 0.350 e. The molecule has 0 spiro atoms. The van der Waals surface area contributed by atoms with Gasteiger partial charge in [-0.05, 0) is 43.3 Å². The summed E-state index contributed by atoms with van der Waals surface area (Å²) in [7, 11) is 0. The molecule has 0 radical (unpaired) electrons. The van der Waals surface area contributed by atoms with Crippen LogP contribution in [0.4, 0.5) is 5.69 Å². The Morgan fingerprint density at radius 1 is 1.10 bits per heavy atom. The third-order valence-electron chi connectivity index (χ3n) is 4.07. The van der Waals surface area contributed by atoms with Crippen LogP contribution < -0.4 is 10.6 Å². The summed E-state index contributed by atoms with van der Waals surface area (Å²) in [6, 6.07) is 10.8. The van der Waals surface area contributed by atoms with E-state index in [2.05, 4.69) is 20.8 Å². The molecular formula is C19H16ClN5O5. The third kappa shape index (κ3) is 4.97. The number of nitrogens with zero attached hydrogens (tertiary/aromatic N) is 3. The normalized spacial score (nSPS) is 10.5. The minimum Gasteiger partial charge on any atom is -0.350 e. The Kier molecular flexibility index (Phi) is 6.38. The Morgan fingerprint density at radius 3 is 2.40 bits per heavy atom.